The number of nitrogens with one attached hydrogen (secondary N) is 1. The van der Waals surface area contributed by atoms with Crippen molar-refractivity contribution in [2.24, 2.45) is 0 Å². The third-order valence-electron chi connectivity index (χ3n) is 3.99. The van der Waals surface area contributed by atoms with Crippen LogP contribution < -0.4 is 5.32 Å². The van der Waals surface area contributed by atoms with Crippen LogP contribution in [0.25, 0.3) is 0 Å². The minimum atomic E-state index is 0.606. The molecule has 2 fully saturated rings. The van der Waals surface area contributed by atoms with Crippen molar-refractivity contribution in [1.29, 1.82) is 0 Å². The SMILES string of the molecule is CNc1cc(C2CC2)nc(C2CCCCC2)n1. The molecular weight excluding hydrogens is 210 g/mol. The highest BCUT2D eigenvalue weighted by Gasteiger charge is 2.27. The number of aromatic nitrogens is 2. The number of anilines is 1. The van der Waals surface area contributed by atoms with Crippen LogP contribution in [0.15, 0.2) is 6.07 Å². The molecule has 2 aliphatic carbocycles. The van der Waals surface area contributed by atoms with E-state index in [1.54, 1.807) is 0 Å². The smallest absolute Gasteiger partial charge is 0.134 e. The molecule has 0 spiro atoms. The van der Waals surface area contributed by atoms with Crippen LogP contribution in [0.4, 0.5) is 5.82 Å². The highest BCUT2D eigenvalue weighted by molar-refractivity contribution is 5.37. The highest BCUT2D eigenvalue weighted by atomic mass is 15.0. The van der Waals surface area contributed by atoms with Crippen LogP contribution >= 0.6 is 0 Å². The zero-order valence-corrected chi connectivity index (χ0v) is 10.6. The van der Waals surface area contributed by atoms with E-state index in [0.717, 1.165) is 11.6 Å². The molecular formula is C14H21N3. The Labute approximate surface area is 103 Å². The number of hydrogen-bond acceptors (Lipinski definition) is 3. The average Bonchev–Trinajstić information content (AvgIpc) is 3.23. The molecule has 17 heavy (non-hydrogen) atoms. The van der Waals surface area contributed by atoms with E-state index < -0.39 is 0 Å². The van der Waals surface area contributed by atoms with E-state index >= 15 is 0 Å². The molecule has 0 aromatic carbocycles. The molecule has 0 saturated heterocycles. The van der Waals surface area contributed by atoms with Crippen molar-refractivity contribution in [3.05, 3.63) is 17.6 Å². The first kappa shape index (κ1) is 11.0. The average molecular weight is 231 g/mol. The maximum atomic E-state index is 4.82. The van der Waals surface area contributed by atoms with Gasteiger partial charge in [0.15, 0.2) is 0 Å². The molecule has 1 aromatic heterocycles. The van der Waals surface area contributed by atoms with Crippen molar-refractivity contribution in [3.63, 3.8) is 0 Å². The van der Waals surface area contributed by atoms with Gasteiger partial charge in [-0.1, -0.05) is 19.3 Å². The molecule has 2 saturated carbocycles. The minimum absolute atomic E-state index is 0.606. The third-order valence-corrected chi connectivity index (χ3v) is 3.99. The van der Waals surface area contributed by atoms with E-state index in [1.807, 2.05) is 7.05 Å². The molecule has 0 amide bonds. The zero-order valence-electron chi connectivity index (χ0n) is 10.6. The van der Waals surface area contributed by atoms with Crippen molar-refractivity contribution in [1.82, 2.24) is 9.97 Å². The molecule has 3 nitrogen and oxygen atoms in total. The summed E-state index contributed by atoms with van der Waals surface area (Å²) in [7, 11) is 1.95. The lowest BCUT2D eigenvalue weighted by molar-refractivity contribution is 0.428. The van der Waals surface area contributed by atoms with Gasteiger partial charge >= 0.3 is 0 Å². The molecule has 92 valence electrons. The molecule has 3 heteroatoms. The van der Waals surface area contributed by atoms with Gasteiger partial charge in [-0.15, -0.1) is 0 Å². The van der Waals surface area contributed by atoms with E-state index in [0.29, 0.717) is 11.8 Å². The van der Waals surface area contributed by atoms with Gasteiger partial charge in [-0.2, -0.15) is 0 Å². The first-order chi connectivity index (χ1) is 8.36. The van der Waals surface area contributed by atoms with E-state index in [-0.39, 0.29) is 0 Å². The largest absolute Gasteiger partial charge is 0.373 e. The Morgan fingerprint density at radius 3 is 2.41 bits per heavy atom. The molecule has 0 radical (unpaired) electrons. The summed E-state index contributed by atoms with van der Waals surface area (Å²) in [6, 6.07) is 2.13. The fourth-order valence-corrected chi connectivity index (χ4v) is 2.74. The summed E-state index contributed by atoms with van der Waals surface area (Å²) in [6.07, 6.45) is 9.24. The summed E-state index contributed by atoms with van der Waals surface area (Å²) < 4.78 is 0. The number of hydrogen-bond donors (Lipinski definition) is 1. The summed E-state index contributed by atoms with van der Waals surface area (Å²) >= 11 is 0. The van der Waals surface area contributed by atoms with Crippen molar-refractivity contribution in [2.75, 3.05) is 12.4 Å². The lowest BCUT2D eigenvalue weighted by Crippen LogP contribution is -2.11. The molecule has 1 aromatic rings. The normalized spacial score (nSPS) is 21.5. The van der Waals surface area contributed by atoms with E-state index in [4.69, 9.17) is 4.98 Å². The summed E-state index contributed by atoms with van der Waals surface area (Å²) in [6.45, 7) is 0. The molecule has 0 aliphatic heterocycles. The summed E-state index contributed by atoms with van der Waals surface area (Å²) in [4.78, 5) is 9.48. The molecule has 0 atom stereocenters. The van der Waals surface area contributed by atoms with Crippen LogP contribution in [0.5, 0.6) is 0 Å². The second kappa shape index (κ2) is 4.63. The predicted octanol–water partition coefficient (Wildman–Crippen LogP) is 3.44. The van der Waals surface area contributed by atoms with Gasteiger partial charge in [0.05, 0.1) is 0 Å². The van der Waals surface area contributed by atoms with Crippen LogP contribution in [0, 0.1) is 0 Å². The Morgan fingerprint density at radius 2 is 1.76 bits per heavy atom. The molecule has 3 rings (SSSR count). The Balaban J connectivity index is 1.88. The third kappa shape index (κ3) is 2.43. The molecule has 0 bridgehead atoms. The van der Waals surface area contributed by atoms with Gasteiger partial charge in [-0.3, -0.25) is 0 Å². The Kier molecular flexibility index (Phi) is 3.00. The van der Waals surface area contributed by atoms with Crippen molar-refractivity contribution in [3.8, 4) is 0 Å². The fourth-order valence-electron chi connectivity index (χ4n) is 2.74. The van der Waals surface area contributed by atoms with E-state index in [1.165, 1.54) is 50.6 Å². The highest BCUT2D eigenvalue weighted by Crippen LogP contribution is 2.40. The first-order valence-electron chi connectivity index (χ1n) is 6.93. The Morgan fingerprint density at radius 1 is 1.00 bits per heavy atom. The van der Waals surface area contributed by atoms with Crippen LogP contribution in [0.3, 0.4) is 0 Å². The topological polar surface area (TPSA) is 37.8 Å². The van der Waals surface area contributed by atoms with Gasteiger partial charge in [0.1, 0.15) is 11.6 Å². The Hall–Kier alpha value is -1.12. The van der Waals surface area contributed by atoms with E-state index in [9.17, 15) is 0 Å². The summed E-state index contributed by atoms with van der Waals surface area (Å²) in [5, 5.41) is 3.18. The van der Waals surface area contributed by atoms with Crippen LogP contribution in [0.2, 0.25) is 0 Å². The number of nitrogens with zero attached hydrogens (tertiary/aromatic N) is 2. The quantitative estimate of drug-likeness (QED) is 0.866. The summed E-state index contributed by atoms with van der Waals surface area (Å²) in [5.41, 5.74) is 1.27. The number of rotatable bonds is 3. The van der Waals surface area contributed by atoms with Crippen molar-refractivity contribution >= 4 is 5.82 Å². The van der Waals surface area contributed by atoms with E-state index in [2.05, 4.69) is 16.4 Å². The zero-order chi connectivity index (χ0) is 11.7. The first-order valence-corrected chi connectivity index (χ1v) is 6.93. The van der Waals surface area contributed by atoms with Crippen molar-refractivity contribution < 1.29 is 0 Å². The van der Waals surface area contributed by atoms with Gasteiger partial charge in [-0.05, 0) is 25.7 Å². The van der Waals surface area contributed by atoms with Crippen molar-refractivity contribution in [2.45, 2.75) is 56.8 Å². The second-order valence-corrected chi connectivity index (χ2v) is 5.40. The lowest BCUT2D eigenvalue weighted by atomic mass is 9.88. The van der Waals surface area contributed by atoms with Gasteiger partial charge < -0.3 is 5.32 Å². The second-order valence-electron chi connectivity index (χ2n) is 5.40. The molecule has 0 unspecified atom stereocenters. The lowest BCUT2D eigenvalue weighted by Gasteiger charge is -2.21. The monoisotopic (exact) mass is 231 g/mol. The Bertz CT molecular complexity index is 392. The standard InChI is InChI=1S/C14H21N3/c1-15-13-9-12(10-7-8-10)16-14(17-13)11-5-3-2-4-6-11/h9-11H,2-8H2,1H3,(H,15,16,17). The summed E-state index contributed by atoms with van der Waals surface area (Å²) in [5.74, 6) is 3.42. The molecule has 2 aliphatic rings. The van der Waals surface area contributed by atoms with Gasteiger partial charge in [0, 0.05) is 30.6 Å². The fraction of sp³-hybridized carbons (Fsp3) is 0.714. The maximum Gasteiger partial charge on any atom is 0.134 e. The maximum absolute atomic E-state index is 4.82. The van der Waals surface area contributed by atoms with Gasteiger partial charge in [-0.25, -0.2) is 9.97 Å². The molecule has 1 heterocycles. The molecule has 1 N–H and O–H groups in total. The predicted molar refractivity (Wildman–Crippen MR) is 69.4 cm³/mol. The van der Waals surface area contributed by atoms with Crippen LogP contribution in [0.1, 0.15) is 68.3 Å². The van der Waals surface area contributed by atoms with Crippen LogP contribution in [-0.2, 0) is 0 Å². The van der Waals surface area contributed by atoms with Gasteiger partial charge in [0.2, 0.25) is 0 Å². The van der Waals surface area contributed by atoms with Crippen LogP contribution in [-0.4, -0.2) is 17.0 Å². The van der Waals surface area contributed by atoms with Gasteiger partial charge in [0.25, 0.3) is 0 Å². The minimum Gasteiger partial charge on any atom is -0.373 e.